The first-order valence-electron chi connectivity index (χ1n) is 10.8. The molecule has 0 heterocycles. The van der Waals surface area contributed by atoms with Gasteiger partial charge in [-0.2, -0.15) is 0 Å². The Labute approximate surface area is 196 Å². The van der Waals surface area contributed by atoms with Crippen LogP contribution in [0, 0.1) is 13.8 Å². The van der Waals surface area contributed by atoms with Gasteiger partial charge in [0, 0.05) is 5.56 Å². The number of amides is 1. The highest BCUT2D eigenvalue weighted by atomic mass is 32.2. The average molecular weight is 467 g/mol. The largest absolute Gasteiger partial charge is 0.491 e. The molecule has 0 spiro atoms. The molecular weight excluding hydrogens is 436 g/mol. The fraction of sp³-hybridized carbons (Fsp3) is 0.269. The predicted molar refractivity (Wildman–Crippen MR) is 132 cm³/mol. The van der Waals surface area contributed by atoms with Crippen LogP contribution in [0.1, 0.15) is 34.0 Å². The molecular formula is C26H30N2O4S. The minimum Gasteiger partial charge on any atom is -0.491 e. The van der Waals surface area contributed by atoms with E-state index in [1.54, 1.807) is 24.3 Å². The van der Waals surface area contributed by atoms with E-state index in [0.717, 1.165) is 22.4 Å². The lowest BCUT2D eigenvalue weighted by atomic mass is 10.1. The van der Waals surface area contributed by atoms with Crippen molar-refractivity contribution in [3.05, 3.63) is 95.1 Å². The van der Waals surface area contributed by atoms with Gasteiger partial charge in [0.1, 0.15) is 12.4 Å². The second-order valence-corrected chi connectivity index (χ2v) is 10.1. The van der Waals surface area contributed by atoms with Crippen molar-refractivity contribution in [1.29, 1.82) is 0 Å². The van der Waals surface area contributed by atoms with Crippen LogP contribution >= 0.6 is 0 Å². The Bertz CT molecular complexity index is 1170. The minimum atomic E-state index is -3.49. The van der Waals surface area contributed by atoms with E-state index in [9.17, 15) is 13.2 Å². The average Bonchev–Trinajstić information content (AvgIpc) is 2.77. The zero-order valence-electron chi connectivity index (χ0n) is 19.4. The third-order valence-electron chi connectivity index (χ3n) is 5.25. The molecule has 0 aliphatic carbocycles. The second-order valence-electron chi connectivity index (χ2n) is 8.21. The van der Waals surface area contributed by atoms with Crippen LogP contribution in [-0.2, 0) is 16.6 Å². The number of carbonyl (C=O) groups is 1. The fourth-order valence-electron chi connectivity index (χ4n) is 3.58. The van der Waals surface area contributed by atoms with Crippen molar-refractivity contribution in [3.63, 3.8) is 0 Å². The van der Waals surface area contributed by atoms with Crippen molar-refractivity contribution in [2.24, 2.45) is 0 Å². The van der Waals surface area contributed by atoms with Crippen LogP contribution in [0.2, 0.25) is 0 Å². The molecule has 0 aliphatic heterocycles. The van der Waals surface area contributed by atoms with E-state index < -0.39 is 10.0 Å². The second kappa shape index (κ2) is 10.5. The highest BCUT2D eigenvalue weighted by Crippen LogP contribution is 2.28. The van der Waals surface area contributed by atoms with Gasteiger partial charge in [-0.3, -0.25) is 9.10 Å². The van der Waals surface area contributed by atoms with Gasteiger partial charge in [-0.25, -0.2) is 8.42 Å². The summed E-state index contributed by atoms with van der Waals surface area (Å²) < 4.78 is 32.2. The molecule has 6 nitrogen and oxygen atoms in total. The monoisotopic (exact) mass is 466 g/mol. The number of nitrogens with zero attached hydrogens (tertiary/aromatic N) is 1. The summed E-state index contributed by atoms with van der Waals surface area (Å²) in [6.07, 6.45) is 1.21. The summed E-state index contributed by atoms with van der Waals surface area (Å²) in [4.78, 5) is 12.6. The Morgan fingerprint density at radius 3 is 2.12 bits per heavy atom. The number of nitrogens with one attached hydrogen (secondary N) is 1. The number of carbonyl (C=O) groups excluding carboxylic acids is 1. The van der Waals surface area contributed by atoms with Gasteiger partial charge < -0.3 is 10.1 Å². The molecule has 0 radical (unpaired) electrons. The van der Waals surface area contributed by atoms with Gasteiger partial charge in [0.05, 0.1) is 24.5 Å². The summed E-state index contributed by atoms with van der Waals surface area (Å²) in [5, 5.41) is 2.92. The first-order valence-corrected chi connectivity index (χ1v) is 12.6. The number of sulfonamides is 1. The van der Waals surface area contributed by atoms with Crippen molar-refractivity contribution in [1.82, 2.24) is 5.32 Å². The summed E-state index contributed by atoms with van der Waals surface area (Å²) in [7, 11) is -3.49. The number of rotatable bonds is 9. The maximum absolute atomic E-state index is 12.6. The van der Waals surface area contributed by atoms with E-state index in [1.807, 2.05) is 69.3 Å². The van der Waals surface area contributed by atoms with E-state index in [2.05, 4.69) is 5.32 Å². The molecule has 0 saturated heterocycles. The maximum atomic E-state index is 12.6. The van der Waals surface area contributed by atoms with E-state index in [-0.39, 0.29) is 18.5 Å². The van der Waals surface area contributed by atoms with Gasteiger partial charge in [0.25, 0.3) is 5.91 Å². The van der Waals surface area contributed by atoms with Crippen LogP contribution in [0.5, 0.6) is 5.75 Å². The quantitative estimate of drug-likeness (QED) is 0.505. The molecule has 0 aromatic heterocycles. The highest BCUT2D eigenvalue weighted by molar-refractivity contribution is 7.92. The van der Waals surface area contributed by atoms with Crippen LogP contribution in [0.25, 0.3) is 0 Å². The molecule has 1 atom stereocenters. The number of aryl methyl sites for hydroxylation is 2. The Kier molecular flexibility index (Phi) is 7.76. The molecule has 0 fully saturated rings. The lowest BCUT2D eigenvalue weighted by Gasteiger charge is -2.26. The normalized spacial score (nSPS) is 12.1. The summed E-state index contributed by atoms with van der Waals surface area (Å²) >= 11 is 0. The number of anilines is 1. The number of para-hydroxylation sites is 2. The molecule has 0 unspecified atom stereocenters. The van der Waals surface area contributed by atoms with Crippen molar-refractivity contribution in [2.75, 3.05) is 17.2 Å². The fourth-order valence-corrected chi connectivity index (χ4v) is 4.58. The van der Waals surface area contributed by atoms with Gasteiger partial charge in [0.2, 0.25) is 10.0 Å². The molecule has 33 heavy (non-hydrogen) atoms. The number of benzene rings is 3. The van der Waals surface area contributed by atoms with E-state index in [0.29, 0.717) is 17.9 Å². The van der Waals surface area contributed by atoms with Gasteiger partial charge in [-0.05, 0) is 61.7 Å². The Morgan fingerprint density at radius 2 is 1.55 bits per heavy atom. The lowest BCUT2D eigenvalue weighted by Crippen LogP contribution is -2.36. The highest BCUT2D eigenvalue weighted by Gasteiger charge is 2.21. The predicted octanol–water partition coefficient (Wildman–Crippen LogP) is 4.47. The minimum absolute atomic E-state index is 0.179. The molecule has 3 rings (SSSR count). The first-order chi connectivity index (χ1) is 15.6. The standard InChI is InChI=1S/C26H30N2O4S/c1-19-9-8-10-20(2)25(19)28(33(4,30)31)17-22-13-15-23(16-14-22)26(29)27-21(3)18-32-24-11-6-5-7-12-24/h5-16,21H,17-18H2,1-4H3,(H,27,29)/t21-/m1/s1. The van der Waals surface area contributed by atoms with Crippen LogP contribution in [0.4, 0.5) is 5.69 Å². The molecule has 174 valence electrons. The molecule has 0 aliphatic rings. The Hall–Kier alpha value is -3.32. The van der Waals surface area contributed by atoms with Crippen LogP contribution in [-0.4, -0.2) is 33.2 Å². The summed E-state index contributed by atoms with van der Waals surface area (Å²) in [6, 6.07) is 22.0. The molecule has 7 heteroatoms. The molecule has 3 aromatic carbocycles. The molecule has 0 bridgehead atoms. The number of hydrogen-bond donors (Lipinski definition) is 1. The summed E-state index contributed by atoms with van der Waals surface area (Å²) in [6.45, 7) is 6.22. The van der Waals surface area contributed by atoms with E-state index in [4.69, 9.17) is 4.74 Å². The van der Waals surface area contributed by atoms with Gasteiger partial charge in [-0.1, -0.05) is 48.5 Å². The molecule has 3 aromatic rings. The van der Waals surface area contributed by atoms with Crippen LogP contribution in [0.3, 0.4) is 0 Å². The van der Waals surface area contributed by atoms with E-state index in [1.165, 1.54) is 10.6 Å². The van der Waals surface area contributed by atoms with E-state index >= 15 is 0 Å². The third kappa shape index (κ3) is 6.58. The molecule has 0 saturated carbocycles. The Morgan fingerprint density at radius 1 is 0.939 bits per heavy atom. The summed E-state index contributed by atoms with van der Waals surface area (Å²) in [5.74, 6) is 0.544. The zero-order valence-corrected chi connectivity index (χ0v) is 20.2. The van der Waals surface area contributed by atoms with Crippen molar-refractivity contribution in [2.45, 2.75) is 33.4 Å². The van der Waals surface area contributed by atoms with Crippen molar-refractivity contribution < 1.29 is 17.9 Å². The molecule has 1 amide bonds. The lowest BCUT2D eigenvalue weighted by molar-refractivity contribution is 0.0926. The van der Waals surface area contributed by atoms with Crippen molar-refractivity contribution in [3.8, 4) is 5.75 Å². The smallest absolute Gasteiger partial charge is 0.251 e. The van der Waals surface area contributed by atoms with Crippen molar-refractivity contribution >= 4 is 21.6 Å². The van der Waals surface area contributed by atoms with Gasteiger partial charge in [0.15, 0.2) is 0 Å². The van der Waals surface area contributed by atoms with Crippen LogP contribution < -0.4 is 14.4 Å². The van der Waals surface area contributed by atoms with Gasteiger partial charge >= 0.3 is 0 Å². The number of hydrogen-bond acceptors (Lipinski definition) is 4. The third-order valence-corrected chi connectivity index (χ3v) is 6.36. The topological polar surface area (TPSA) is 75.7 Å². The first kappa shape index (κ1) is 24.3. The maximum Gasteiger partial charge on any atom is 0.251 e. The number of ether oxygens (including phenoxy) is 1. The zero-order chi connectivity index (χ0) is 24.0. The molecule has 1 N–H and O–H groups in total. The Balaban J connectivity index is 1.66. The summed E-state index contributed by atoms with van der Waals surface area (Å²) in [5.41, 5.74) is 3.77. The SMILES string of the molecule is Cc1cccc(C)c1N(Cc1ccc(C(=O)N[C@H](C)COc2ccccc2)cc1)S(C)(=O)=O. The van der Waals surface area contributed by atoms with Gasteiger partial charge in [-0.15, -0.1) is 0 Å². The van der Waals surface area contributed by atoms with Crippen LogP contribution in [0.15, 0.2) is 72.8 Å².